The summed E-state index contributed by atoms with van der Waals surface area (Å²) in [6, 6.07) is 2.24. The summed E-state index contributed by atoms with van der Waals surface area (Å²) < 4.78 is 6.28. The molecule has 3 nitrogen and oxygen atoms in total. The van der Waals surface area contributed by atoms with Crippen LogP contribution in [0.15, 0.2) is 0 Å². The molecule has 0 aliphatic carbocycles. The molecule has 0 spiro atoms. The van der Waals surface area contributed by atoms with Gasteiger partial charge in [0, 0.05) is 0 Å². The van der Waals surface area contributed by atoms with Crippen molar-refractivity contribution in [3.63, 3.8) is 0 Å². The van der Waals surface area contributed by atoms with Gasteiger partial charge in [-0.1, -0.05) is 13.8 Å². The molecular weight excluding hydrogens is 196 g/mol. The van der Waals surface area contributed by atoms with E-state index in [2.05, 4.69) is 36.9 Å². The van der Waals surface area contributed by atoms with Crippen molar-refractivity contribution in [1.82, 2.24) is 9.96 Å². The van der Waals surface area contributed by atoms with Crippen molar-refractivity contribution in [2.24, 2.45) is 0 Å². The molecule has 0 aromatic rings. The summed E-state index contributed by atoms with van der Waals surface area (Å²) in [4.78, 5) is 6.73. The molecule has 0 aliphatic heterocycles. The predicted molar refractivity (Wildman–Crippen MR) is 63.4 cm³/mol. The zero-order valence-corrected chi connectivity index (χ0v) is 11.8. The summed E-state index contributed by atoms with van der Waals surface area (Å²) in [6.45, 7) is 8.88. The van der Waals surface area contributed by atoms with E-state index >= 15 is 0 Å². The van der Waals surface area contributed by atoms with Crippen molar-refractivity contribution in [3.8, 4) is 0 Å². The lowest BCUT2D eigenvalue weighted by Gasteiger charge is -2.36. The van der Waals surface area contributed by atoms with Gasteiger partial charge in [0.25, 0.3) is 17.0 Å². The van der Waals surface area contributed by atoms with Crippen LogP contribution in [0.2, 0.25) is 25.2 Å². The first-order valence-corrected chi connectivity index (χ1v) is 10.3. The monoisotopic (exact) mass is 220 g/mol. The Kier molecular flexibility index (Phi) is 5.38. The molecule has 5 heteroatoms. The normalized spacial score (nSPS) is 20.8. The van der Waals surface area contributed by atoms with E-state index in [0.29, 0.717) is 0 Å². The lowest BCUT2D eigenvalue weighted by atomic mass is 11.0. The van der Waals surface area contributed by atoms with Gasteiger partial charge in [0.05, 0.1) is 0 Å². The molecule has 0 heterocycles. The van der Waals surface area contributed by atoms with E-state index in [0.717, 1.165) is 12.1 Å². The molecule has 2 unspecified atom stereocenters. The standard InChI is InChI=1S/C8H24N2OSi2/c1-7-12(5,9-3)11-13(6,8-2)10-4/h9-10H,7-8H2,1-6H3. The quantitative estimate of drug-likeness (QED) is 0.668. The Bertz CT molecular complexity index is 131. The summed E-state index contributed by atoms with van der Waals surface area (Å²) in [7, 11) is 0.769. The van der Waals surface area contributed by atoms with Crippen molar-refractivity contribution in [3.05, 3.63) is 0 Å². The van der Waals surface area contributed by atoms with Crippen molar-refractivity contribution in [1.29, 1.82) is 0 Å². The lowest BCUT2D eigenvalue weighted by Crippen LogP contribution is -2.60. The highest BCUT2D eigenvalue weighted by Crippen LogP contribution is 2.15. The minimum Gasteiger partial charge on any atom is -0.432 e. The second kappa shape index (κ2) is 5.26. The molecule has 13 heavy (non-hydrogen) atoms. The lowest BCUT2D eigenvalue weighted by molar-refractivity contribution is 0.498. The highest BCUT2D eigenvalue weighted by atomic mass is 28.4. The van der Waals surface area contributed by atoms with E-state index < -0.39 is 17.0 Å². The van der Waals surface area contributed by atoms with Gasteiger partial charge < -0.3 is 14.1 Å². The number of hydrogen-bond acceptors (Lipinski definition) is 3. The Morgan fingerprint density at radius 1 is 0.923 bits per heavy atom. The molecule has 2 N–H and O–H groups in total. The second-order valence-electron chi connectivity index (χ2n) is 3.77. The van der Waals surface area contributed by atoms with Gasteiger partial charge in [0.2, 0.25) is 0 Å². The molecule has 0 fully saturated rings. The van der Waals surface area contributed by atoms with E-state index in [1.807, 2.05) is 14.1 Å². The Balaban J connectivity index is 4.36. The summed E-state index contributed by atoms with van der Waals surface area (Å²) >= 11 is 0. The number of rotatable bonds is 6. The molecule has 80 valence electrons. The van der Waals surface area contributed by atoms with E-state index in [9.17, 15) is 0 Å². The van der Waals surface area contributed by atoms with Gasteiger partial charge in [-0.2, -0.15) is 0 Å². The minimum absolute atomic E-state index is 1.12. The van der Waals surface area contributed by atoms with Gasteiger partial charge in [-0.25, -0.2) is 0 Å². The maximum absolute atomic E-state index is 6.28. The van der Waals surface area contributed by atoms with Crippen LogP contribution in [0.5, 0.6) is 0 Å². The van der Waals surface area contributed by atoms with Crippen LogP contribution in [0, 0.1) is 0 Å². The first-order chi connectivity index (χ1) is 5.95. The van der Waals surface area contributed by atoms with E-state index in [4.69, 9.17) is 4.12 Å². The van der Waals surface area contributed by atoms with Crippen LogP contribution in [0.25, 0.3) is 0 Å². The highest BCUT2D eigenvalue weighted by Gasteiger charge is 2.36. The predicted octanol–water partition coefficient (Wildman–Crippen LogP) is 1.63. The number of nitrogens with one attached hydrogen (secondary N) is 2. The summed E-state index contributed by atoms with van der Waals surface area (Å²) in [5.74, 6) is 0. The van der Waals surface area contributed by atoms with Gasteiger partial charge in [-0.3, -0.25) is 0 Å². The SMILES string of the molecule is CC[Si](C)(NC)O[Si](C)(CC)NC. The molecule has 0 saturated carbocycles. The molecule has 0 radical (unpaired) electrons. The van der Waals surface area contributed by atoms with Gasteiger partial charge in [0.1, 0.15) is 0 Å². The van der Waals surface area contributed by atoms with Crippen molar-refractivity contribution in [2.75, 3.05) is 14.1 Å². The van der Waals surface area contributed by atoms with Crippen LogP contribution in [-0.4, -0.2) is 31.1 Å². The zero-order chi connectivity index (χ0) is 10.5. The second-order valence-corrected chi connectivity index (χ2v) is 11.9. The Morgan fingerprint density at radius 2 is 1.23 bits per heavy atom. The Hall–Kier alpha value is 0.314. The third kappa shape index (κ3) is 3.91. The van der Waals surface area contributed by atoms with Gasteiger partial charge >= 0.3 is 0 Å². The molecule has 0 bridgehead atoms. The first-order valence-electron chi connectivity index (χ1n) is 5.03. The molecule has 0 aromatic carbocycles. The van der Waals surface area contributed by atoms with Gasteiger partial charge in [-0.15, -0.1) is 0 Å². The average Bonchev–Trinajstić information content (AvgIpc) is 2.17. The van der Waals surface area contributed by atoms with Crippen LogP contribution in [0.4, 0.5) is 0 Å². The van der Waals surface area contributed by atoms with Crippen LogP contribution in [0.3, 0.4) is 0 Å². The maximum Gasteiger partial charge on any atom is 0.255 e. The highest BCUT2D eigenvalue weighted by molar-refractivity contribution is 6.83. The molecule has 0 saturated heterocycles. The topological polar surface area (TPSA) is 33.3 Å². The van der Waals surface area contributed by atoms with Crippen molar-refractivity contribution >= 4 is 17.0 Å². The molecule has 0 amide bonds. The fourth-order valence-corrected chi connectivity index (χ4v) is 7.75. The largest absolute Gasteiger partial charge is 0.432 e. The summed E-state index contributed by atoms with van der Waals surface area (Å²) in [5.41, 5.74) is 0. The zero-order valence-electron chi connectivity index (χ0n) is 9.82. The van der Waals surface area contributed by atoms with Crippen LogP contribution in [0.1, 0.15) is 13.8 Å². The number of hydrogen-bond donors (Lipinski definition) is 2. The minimum atomic E-state index is -1.63. The fraction of sp³-hybridized carbons (Fsp3) is 1.00. The first kappa shape index (κ1) is 13.3. The van der Waals surface area contributed by atoms with E-state index in [1.54, 1.807) is 0 Å². The Labute approximate surface area is 84.7 Å². The maximum atomic E-state index is 6.28. The van der Waals surface area contributed by atoms with E-state index in [-0.39, 0.29) is 0 Å². The van der Waals surface area contributed by atoms with Crippen molar-refractivity contribution in [2.45, 2.75) is 39.0 Å². The average molecular weight is 220 g/mol. The van der Waals surface area contributed by atoms with Crippen LogP contribution in [-0.2, 0) is 4.12 Å². The third-order valence-corrected chi connectivity index (χ3v) is 11.3. The smallest absolute Gasteiger partial charge is 0.255 e. The summed E-state index contributed by atoms with van der Waals surface area (Å²) in [5, 5.41) is 0. The van der Waals surface area contributed by atoms with Crippen LogP contribution >= 0.6 is 0 Å². The summed E-state index contributed by atoms with van der Waals surface area (Å²) in [6.07, 6.45) is 0. The van der Waals surface area contributed by atoms with Gasteiger partial charge in [-0.05, 0) is 39.3 Å². The Morgan fingerprint density at radius 3 is 1.38 bits per heavy atom. The molecular formula is C8H24N2OSi2. The fourth-order valence-electron chi connectivity index (χ4n) is 1.10. The van der Waals surface area contributed by atoms with Gasteiger partial charge in [0.15, 0.2) is 0 Å². The van der Waals surface area contributed by atoms with Crippen molar-refractivity contribution < 1.29 is 4.12 Å². The molecule has 2 atom stereocenters. The van der Waals surface area contributed by atoms with Crippen LogP contribution < -0.4 is 9.96 Å². The van der Waals surface area contributed by atoms with E-state index in [1.165, 1.54) is 0 Å². The molecule has 0 aliphatic rings. The third-order valence-electron chi connectivity index (χ3n) is 2.86. The molecule has 0 aromatic heterocycles. The molecule has 0 rings (SSSR count).